The largest absolute Gasteiger partial charge is 0.478 e. The van der Waals surface area contributed by atoms with Crippen LogP contribution in [0.4, 0.5) is 0 Å². The van der Waals surface area contributed by atoms with Gasteiger partial charge in [-0.15, -0.1) is 0 Å². The smallest absolute Gasteiger partial charge is 0.336 e. The highest BCUT2D eigenvalue weighted by Gasteiger charge is 2.17. The fraction of sp³-hybridized carbons (Fsp3) is 0.176. The zero-order valence-electron chi connectivity index (χ0n) is 23.0. The van der Waals surface area contributed by atoms with Gasteiger partial charge >= 0.3 is 5.97 Å². The van der Waals surface area contributed by atoms with Crippen LogP contribution in [0, 0.1) is 20.8 Å². The number of carbonyl (C=O) groups is 2. The molecule has 5 rings (SSSR count). The second-order valence-electron chi connectivity index (χ2n) is 10.3. The van der Waals surface area contributed by atoms with Gasteiger partial charge in [-0.3, -0.25) is 4.79 Å². The molecule has 2 N–H and O–H groups in total. The van der Waals surface area contributed by atoms with E-state index in [9.17, 15) is 14.7 Å². The maximum atomic E-state index is 13.2. The van der Waals surface area contributed by atoms with E-state index in [-0.39, 0.29) is 17.5 Å². The molecule has 0 aliphatic heterocycles. The number of carboxylic acids is 1. The number of hydrogen-bond acceptors (Lipinski definition) is 2. The normalized spacial score (nSPS) is 11.9. The lowest BCUT2D eigenvalue weighted by molar-refractivity contribution is 0.0697. The van der Waals surface area contributed by atoms with Gasteiger partial charge in [0.25, 0.3) is 5.91 Å². The minimum atomic E-state index is -0.938. The summed E-state index contributed by atoms with van der Waals surface area (Å²) >= 11 is 6.10. The number of carbonyl (C=O) groups excluding carboxylic acids is 1. The zero-order chi connectivity index (χ0) is 28.6. The standard InChI is InChI=1S/C34H31ClN2O3/c1-20-17-27(35)14-15-28(20)22(3)36-33(38)26-13-16-32-31(18-26)21(2)23(4)37(32)19-24-9-11-25(12-10-24)29-7-5-6-8-30(29)34(39)40/h5-18,22H,19H2,1-4H3,(H,36,38)(H,39,40). The third kappa shape index (κ3) is 5.25. The molecule has 0 aliphatic rings. The predicted molar refractivity (Wildman–Crippen MR) is 161 cm³/mol. The molecule has 1 unspecified atom stereocenters. The molecule has 40 heavy (non-hydrogen) atoms. The Labute approximate surface area is 239 Å². The summed E-state index contributed by atoms with van der Waals surface area (Å²) < 4.78 is 2.26. The summed E-state index contributed by atoms with van der Waals surface area (Å²) in [5.41, 5.74) is 8.99. The summed E-state index contributed by atoms with van der Waals surface area (Å²) in [4.78, 5) is 24.8. The molecule has 0 fully saturated rings. The SMILES string of the molecule is Cc1cc(Cl)ccc1C(C)NC(=O)c1ccc2c(c1)c(C)c(C)n2Cc1ccc(-c2ccccc2C(=O)O)cc1. The first-order chi connectivity index (χ1) is 19.1. The fourth-order valence-corrected chi connectivity index (χ4v) is 5.60. The maximum Gasteiger partial charge on any atom is 0.336 e. The molecule has 0 aliphatic carbocycles. The van der Waals surface area contributed by atoms with Crippen LogP contribution in [0.2, 0.25) is 5.02 Å². The zero-order valence-corrected chi connectivity index (χ0v) is 23.7. The number of amides is 1. The maximum absolute atomic E-state index is 13.2. The van der Waals surface area contributed by atoms with E-state index in [1.165, 1.54) is 0 Å². The van der Waals surface area contributed by atoms with Crippen molar-refractivity contribution in [2.45, 2.75) is 40.3 Å². The lowest BCUT2D eigenvalue weighted by atomic mass is 9.99. The molecule has 0 saturated carbocycles. The van der Waals surface area contributed by atoms with E-state index in [1.807, 2.05) is 86.6 Å². The van der Waals surface area contributed by atoms with Crippen LogP contribution in [-0.2, 0) is 6.54 Å². The minimum Gasteiger partial charge on any atom is -0.478 e. The van der Waals surface area contributed by atoms with Gasteiger partial charge in [0.05, 0.1) is 11.6 Å². The van der Waals surface area contributed by atoms with Crippen LogP contribution in [0.25, 0.3) is 22.0 Å². The monoisotopic (exact) mass is 550 g/mol. The van der Waals surface area contributed by atoms with Gasteiger partial charge < -0.3 is 15.0 Å². The van der Waals surface area contributed by atoms with Crippen molar-refractivity contribution in [1.29, 1.82) is 0 Å². The van der Waals surface area contributed by atoms with E-state index >= 15 is 0 Å². The van der Waals surface area contributed by atoms with Crippen molar-refractivity contribution in [3.05, 3.63) is 129 Å². The Bertz CT molecular complexity index is 1750. The van der Waals surface area contributed by atoms with Gasteiger partial charge in [0.1, 0.15) is 0 Å². The number of aromatic nitrogens is 1. The Hall–Kier alpha value is -4.35. The van der Waals surface area contributed by atoms with E-state index in [0.29, 0.717) is 22.7 Å². The molecule has 4 aromatic carbocycles. The second-order valence-corrected chi connectivity index (χ2v) is 10.7. The quantitative estimate of drug-likeness (QED) is 0.215. The van der Waals surface area contributed by atoms with Crippen molar-refractivity contribution in [3.8, 4) is 11.1 Å². The van der Waals surface area contributed by atoms with Crippen LogP contribution in [0.15, 0.2) is 84.9 Å². The van der Waals surface area contributed by atoms with Crippen LogP contribution < -0.4 is 5.32 Å². The number of nitrogens with one attached hydrogen (secondary N) is 1. The van der Waals surface area contributed by atoms with Gasteiger partial charge in [-0.25, -0.2) is 4.79 Å². The summed E-state index contributed by atoms with van der Waals surface area (Å²) in [5.74, 6) is -1.06. The highest BCUT2D eigenvalue weighted by molar-refractivity contribution is 6.30. The molecule has 6 heteroatoms. The molecule has 1 amide bonds. The van der Waals surface area contributed by atoms with Crippen molar-refractivity contribution in [2.75, 3.05) is 0 Å². The first kappa shape index (κ1) is 27.2. The van der Waals surface area contributed by atoms with Crippen LogP contribution >= 0.6 is 11.6 Å². The summed E-state index contributed by atoms with van der Waals surface area (Å²) in [6.07, 6.45) is 0. The number of nitrogens with zero attached hydrogens (tertiary/aromatic N) is 1. The third-order valence-corrected chi connectivity index (χ3v) is 7.95. The Kier molecular flexibility index (Phi) is 7.51. The van der Waals surface area contributed by atoms with Crippen molar-refractivity contribution in [3.63, 3.8) is 0 Å². The molecular weight excluding hydrogens is 520 g/mol. The van der Waals surface area contributed by atoms with Crippen molar-refractivity contribution >= 4 is 34.4 Å². The molecule has 5 aromatic rings. The Balaban J connectivity index is 1.38. The van der Waals surface area contributed by atoms with Crippen LogP contribution in [0.3, 0.4) is 0 Å². The van der Waals surface area contributed by atoms with Crippen LogP contribution in [0.1, 0.15) is 61.6 Å². The second kappa shape index (κ2) is 11.0. The molecule has 0 saturated heterocycles. The highest BCUT2D eigenvalue weighted by atomic mass is 35.5. The molecule has 5 nitrogen and oxygen atoms in total. The number of rotatable bonds is 7. The topological polar surface area (TPSA) is 71.3 Å². The Morgan fingerprint density at radius 1 is 0.925 bits per heavy atom. The number of hydrogen-bond donors (Lipinski definition) is 2. The van der Waals surface area contributed by atoms with Gasteiger partial charge in [0.2, 0.25) is 0 Å². The van der Waals surface area contributed by atoms with Crippen molar-refractivity contribution < 1.29 is 14.7 Å². The molecule has 1 atom stereocenters. The van der Waals surface area contributed by atoms with Gasteiger partial charge in [0.15, 0.2) is 0 Å². The van der Waals surface area contributed by atoms with Gasteiger partial charge in [-0.2, -0.15) is 0 Å². The first-order valence-electron chi connectivity index (χ1n) is 13.2. The van der Waals surface area contributed by atoms with Crippen LogP contribution in [0.5, 0.6) is 0 Å². The van der Waals surface area contributed by atoms with Gasteiger partial charge in [-0.05, 0) is 97.5 Å². The predicted octanol–water partition coefficient (Wildman–Crippen LogP) is 8.12. The lowest BCUT2D eigenvalue weighted by Gasteiger charge is -2.17. The third-order valence-electron chi connectivity index (χ3n) is 7.71. The summed E-state index contributed by atoms with van der Waals surface area (Å²) in [7, 11) is 0. The molecule has 0 bridgehead atoms. The average molecular weight is 551 g/mol. The van der Waals surface area contributed by atoms with E-state index in [2.05, 4.69) is 23.7 Å². The molecular formula is C34H31ClN2O3. The molecule has 202 valence electrons. The number of aryl methyl sites for hydroxylation is 2. The van der Waals surface area contributed by atoms with Crippen molar-refractivity contribution in [1.82, 2.24) is 9.88 Å². The van der Waals surface area contributed by atoms with E-state index in [4.69, 9.17) is 11.6 Å². The number of carboxylic acid groups (broad SMARTS) is 1. The highest BCUT2D eigenvalue weighted by Crippen LogP contribution is 2.29. The molecule has 0 radical (unpaired) electrons. The minimum absolute atomic E-state index is 0.120. The van der Waals surface area contributed by atoms with E-state index in [1.54, 1.807) is 12.1 Å². The Morgan fingerprint density at radius 3 is 2.35 bits per heavy atom. The van der Waals surface area contributed by atoms with Crippen molar-refractivity contribution in [2.24, 2.45) is 0 Å². The Morgan fingerprint density at radius 2 is 1.65 bits per heavy atom. The van der Waals surface area contributed by atoms with Gasteiger partial charge in [-0.1, -0.05) is 60.1 Å². The van der Waals surface area contributed by atoms with E-state index in [0.717, 1.165) is 44.4 Å². The molecule has 1 heterocycles. The molecule has 1 aromatic heterocycles. The summed E-state index contributed by atoms with van der Waals surface area (Å²) in [5, 5.41) is 14.4. The summed E-state index contributed by atoms with van der Waals surface area (Å²) in [6.45, 7) is 8.81. The fourth-order valence-electron chi connectivity index (χ4n) is 5.37. The number of fused-ring (bicyclic) bond motifs is 1. The average Bonchev–Trinajstić information content (AvgIpc) is 3.17. The first-order valence-corrected chi connectivity index (χ1v) is 13.6. The van der Waals surface area contributed by atoms with Gasteiger partial charge in [0, 0.05) is 33.7 Å². The van der Waals surface area contributed by atoms with Crippen LogP contribution in [-0.4, -0.2) is 21.6 Å². The summed E-state index contributed by atoms with van der Waals surface area (Å²) in [6, 6.07) is 26.5. The lowest BCUT2D eigenvalue weighted by Crippen LogP contribution is -2.27. The van der Waals surface area contributed by atoms with E-state index < -0.39 is 5.97 Å². The number of aromatic carboxylic acids is 1. The molecule has 0 spiro atoms. The number of halogens is 1. The number of benzene rings is 4.